The molecule has 1 fully saturated rings. The number of hydrogen-bond acceptors (Lipinski definition) is 1. The summed E-state index contributed by atoms with van der Waals surface area (Å²) in [4.78, 5) is 0. The molecule has 2 N–H and O–H groups in total. The lowest BCUT2D eigenvalue weighted by Crippen LogP contribution is -2.13. The second-order valence-corrected chi connectivity index (χ2v) is 5.83. The van der Waals surface area contributed by atoms with Gasteiger partial charge in [0, 0.05) is 0 Å². The lowest BCUT2D eigenvalue weighted by Gasteiger charge is -2.20. The maximum Gasteiger partial charge on any atom is -0.00489 e. The Morgan fingerprint density at radius 1 is 1.18 bits per heavy atom. The van der Waals surface area contributed by atoms with Crippen molar-refractivity contribution < 1.29 is 0 Å². The summed E-state index contributed by atoms with van der Waals surface area (Å²) in [6.45, 7) is 3.25. The summed E-state index contributed by atoms with van der Waals surface area (Å²) < 4.78 is 0. The van der Waals surface area contributed by atoms with Crippen LogP contribution in [-0.2, 0) is 0 Å². The van der Waals surface area contributed by atoms with E-state index in [1.807, 2.05) is 0 Å². The van der Waals surface area contributed by atoms with Crippen LogP contribution < -0.4 is 5.73 Å². The summed E-state index contributed by atoms with van der Waals surface area (Å²) in [5.74, 6) is 1.65. The average molecular weight is 233 g/mol. The van der Waals surface area contributed by atoms with Crippen LogP contribution in [-0.4, -0.2) is 6.54 Å². The highest BCUT2D eigenvalue weighted by atomic mass is 14.5. The first-order valence-corrected chi connectivity index (χ1v) is 7.35. The lowest BCUT2D eigenvalue weighted by molar-refractivity contribution is 0.458. The van der Waals surface area contributed by atoms with Crippen LogP contribution in [0.15, 0.2) is 23.3 Å². The third kappa shape index (κ3) is 3.45. The van der Waals surface area contributed by atoms with Crippen molar-refractivity contribution in [2.24, 2.45) is 17.6 Å². The fourth-order valence-electron chi connectivity index (χ4n) is 3.44. The zero-order valence-corrected chi connectivity index (χ0v) is 11.3. The van der Waals surface area contributed by atoms with Crippen molar-refractivity contribution in [1.29, 1.82) is 0 Å². The van der Waals surface area contributed by atoms with E-state index >= 15 is 0 Å². The van der Waals surface area contributed by atoms with Gasteiger partial charge >= 0.3 is 0 Å². The van der Waals surface area contributed by atoms with Gasteiger partial charge in [-0.3, -0.25) is 0 Å². The summed E-state index contributed by atoms with van der Waals surface area (Å²) in [5.41, 5.74) is 9.26. The Labute approximate surface area is 106 Å². The van der Waals surface area contributed by atoms with Crippen molar-refractivity contribution in [1.82, 2.24) is 0 Å². The van der Waals surface area contributed by atoms with E-state index < -0.39 is 0 Å². The molecule has 2 rings (SSSR count). The van der Waals surface area contributed by atoms with Gasteiger partial charge in [-0.2, -0.15) is 0 Å². The van der Waals surface area contributed by atoms with E-state index in [-0.39, 0.29) is 0 Å². The number of rotatable bonds is 2. The Balaban J connectivity index is 2.03. The van der Waals surface area contributed by atoms with Crippen LogP contribution in [0.2, 0.25) is 0 Å². The maximum absolute atomic E-state index is 5.83. The zero-order valence-electron chi connectivity index (χ0n) is 11.3. The Morgan fingerprint density at radius 3 is 2.88 bits per heavy atom. The minimum absolute atomic E-state index is 0.794. The Morgan fingerprint density at radius 2 is 2.06 bits per heavy atom. The van der Waals surface area contributed by atoms with E-state index in [0.717, 1.165) is 18.4 Å². The molecule has 0 spiro atoms. The minimum Gasteiger partial charge on any atom is -0.330 e. The van der Waals surface area contributed by atoms with Crippen LogP contribution in [0.4, 0.5) is 0 Å². The van der Waals surface area contributed by atoms with E-state index in [9.17, 15) is 0 Å². The smallest absolute Gasteiger partial charge is 0.00489 e. The van der Waals surface area contributed by atoms with Gasteiger partial charge in [0.25, 0.3) is 0 Å². The molecule has 0 aromatic heterocycles. The monoisotopic (exact) mass is 233 g/mol. The molecule has 0 amide bonds. The van der Waals surface area contributed by atoms with Crippen molar-refractivity contribution in [2.75, 3.05) is 6.54 Å². The normalized spacial score (nSPS) is 31.2. The Kier molecular flexibility index (Phi) is 4.85. The second kappa shape index (κ2) is 6.39. The van der Waals surface area contributed by atoms with Crippen molar-refractivity contribution in [2.45, 2.75) is 58.3 Å². The van der Waals surface area contributed by atoms with E-state index in [1.54, 1.807) is 11.1 Å². The van der Waals surface area contributed by atoms with E-state index in [2.05, 4.69) is 19.1 Å². The molecule has 2 aliphatic rings. The molecule has 0 aromatic carbocycles. The molecule has 0 radical (unpaired) electrons. The molecule has 1 saturated carbocycles. The molecule has 2 aliphatic carbocycles. The van der Waals surface area contributed by atoms with E-state index in [0.29, 0.717) is 0 Å². The number of allylic oxidation sites excluding steroid dienone is 4. The first-order chi connectivity index (χ1) is 8.31. The Hall–Kier alpha value is -0.560. The molecule has 2 atom stereocenters. The minimum atomic E-state index is 0.794. The SMILES string of the molecule is CC1=C([C@H]2CCCC(CN)CC2)CC=CCC1. The molecule has 1 heteroatoms. The van der Waals surface area contributed by atoms with Crippen LogP contribution in [0.3, 0.4) is 0 Å². The van der Waals surface area contributed by atoms with Gasteiger partial charge < -0.3 is 5.73 Å². The summed E-state index contributed by atoms with van der Waals surface area (Å²) >= 11 is 0. The van der Waals surface area contributed by atoms with E-state index in [4.69, 9.17) is 5.73 Å². The van der Waals surface area contributed by atoms with Crippen LogP contribution in [0, 0.1) is 11.8 Å². The molecular formula is C16H27N. The molecule has 1 unspecified atom stereocenters. The maximum atomic E-state index is 5.83. The largest absolute Gasteiger partial charge is 0.330 e. The number of nitrogens with two attached hydrogens (primary N) is 1. The molecule has 96 valence electrons. The average Bonchev–Trinajstić information content (AvgIpc) is 2.68. The van der Waals surface area contributed by atoms with Gasteiger partial charge in [-0.05, 0) is 70.3 Å². The van der Waals surface area contributed by atoms with Crippen LogP contribution in [0.5, 0.6) is 0 Å². The quantitative estimate of drug-likeness (QED) is 0.561. The highest BCUT2D eigenvalue weighted by Crippen LogP contribution is 2.36. The second-order valence-electron chi connectivity index (χ2n) is 5.83. The topological polar surface area (TPSA) is 26.0 Å². The first kappa shape index (κ1) is 12.9. The molecule has 0 aliphatic heterocycles. The van der Waals surface area contributed by atoms with Crippen LogP contribution >= 0.6 is 0 Å². The van der Waals surface area contributed by atoms with Gasteiger partial charge in [0.15, 0.2) is 0 Å². The predicted molar refractivity (Wildman–Crippen MR) is 74.8 cm³/mol. The summed E-state index contributed by atoms with van der Waals surface area (Å²) in [5, 5.41) is 0. The molecule has 1 nitrogen and oxygen atoms in total. The van der Waals surface area contributed by atoms with Gasteiger partial charge in [-0.15, -0.1) is 0 Å². The summed E-state index contributed by atoms with van der Waals surface area (Å²) in [7, 11) is 0. The first-order valence-electron chi connectivity index (χ1n) is 7.35. The van der Waals surface area contributed by atoms with Crippen molar-refractivity contribution in [3.63, 3.8) is 0 Å². The highest BCUT2D eigenvalue weighted by Gasteiger charge is 2.22. The molecule has 17 heavy (non-hydrogen) atoms. The van der Waals surface area contributed by atoms with E-state index in [1.165, 1.54) is 51.4 Å². The van der Waals surface area contributed by atoms with Gasteiger partial charge in [0.2, 0.25) is 0 Å². The number of hydrogen-bond donors (Lipinski definition) is 1. The summed E-state index contributed by atoms with van der Waals surface area (Å²) in [6.07, 6.45) is 15.3. The Bertz CT molecular complexity index is 301. The lowest BCUT2D eigenvalue weighted by atomic mass is 9.86. The molecular weight excluding hydrogens is 206 g/mol. The predicted octanol–water partition coefficient (Wildman–Crippen LogP) is 4.20. The highest BCUT2D eigenvalue weighted by molar-refractivity contribution is 5.21. The third-order valence-corrected chi connectivity index (χ3v) is 4.65. The standard InChI is InChI=1S/C16H27N/c1-13-6-3-2-4-9-16(13)15-8-5-7-14(12-17)10-11-15/h2,4,14-15H,3,5-12,17H2,1H3/t14?,15-/m0/s1. The van der Waals surface area contributed by atoms with Gasteiger partial charge in [-0.1, -0.05) is 29.7 Å². The molecule has 0 saturated heterocycles. The van der Waals surface area contributed by atoms with Crippen molar-refractivity contribution >= 4 is 0 Å². The molecule has 0 heterocycles. The van der Waals surface area contributed by atoms with Crippen LogP contribution in [0.25, 0.3) is 0 Å². The van der Waals surface area contributed by atoms with Gasteiger partial charge in [0.1, 0.15) is 0 Å². The summed E-state index contributed by atoms with van der Waals surface area (Å²) in [6, 6.07) is 0. The van der Waals surface area contributed by atoms with Gasteiger partial charge in [-0.25, -0.2) is 0 Å². The fourth-order valence-corrected chi connectivity index (χ4v) is 3.44. The molecule has 0 aromatic rings. The van der Waals surface area contributed by atoms with Crippen LogP contribution in [0.1, 0.15) is 58.3 Å². The zero-order chi connectivity index (χ0) is 12.1. The van der Waals surface area contributed by atoms with Crippen molar-refractivity contribution in [3.05, 3.63) is 23.3 Å². The molecule has 0 bridgehead atoms. The van der Waals surface area contributed by atoms with Crippen molar-refractivity contribution in [3.8, 4) is 0 Å². The fraction of sp³-hybridized carbons (Fsp3) is 0.750. The van der Waals surface area contributed by atoms with Gasteiger partial charge in [0.05, 0.1) is 0 Å². The third-order valence-electron chi connectivity index (χ3n) is 4.65.